The summed E-state index contributed by atoms with van der Waals surface area (Å²) < 4.78 is 4.96. The SMILES string of the molecule is CN(C)c1ccc(CNC(=O)COC(=O)Cc2ccc(O)cc2)cc1. The molecule has 0 fully saturated rings. The fraction of sp³-hybridized carbons (Fsp3) is 0.263. The second-order valence-electron chi connectivity index (χ2n) is 5.84. The molecular formula is C19H22N2O4. The first-order valence-corrected chi connectivity index (χ1v) is 7.90. The zero-order valence-corrected chi connectivity index (χ0v) is 14.4. The van der Waals surface area contributed by atoms with Gasteiger partial charge in [-0.15, -0.1) is 0 Å². The van der Waals surface area contributed by atoms with Crippen molar-refractivity contribution in [3.8, 4) is 5.75 Å². The van der Waals surface area contributed by atoms with Gasteiger partial charge in [0, 0.05) is 26.3 Å². The first kappa shape index (κ1) is 18.3. The van der Waals surface area contributed by atoms with Crippen LogP contribution in [0.2, 0.25) is 0 Å². The summed E-state index contributed by atoms with van der Waals surface area (Å²) in [6, 6.07) is 14.1. The Morgan fingerprint density at radius 2 is 1.60 bits per heavy atom. The molecular weight excluding hydrogens is 320 g/mol. The molecule has 0 aliphatic carbocycles. The summed E-state index contributed by atoms with van der Waals surface area (Å²) in [6.45, 7) is 0.0642. The summed E-state index contributed by atoms with van der Waals surface area (Å²) in [5.74, 6) is -0.706. The number of rotatable bonds is 7. The minimum atomic E-state index is -0.490. The lowest BCUT2D eigenvalue weighted by atomic mass is 10.1. The number of amides is 1. The van der Waals surface area contributed by atoms with E-state index >= 15 is 0 Å². The normalized spacial score (nSPS) is 10.2. The molecule has 25 heavy (non-hydrogen) atoms. The van der Waals surface area contributed by atoms with Crippen molar-refractivity contribution in [3.63, 3.8) is 0 Å². The van der Waals surface area contributed by atoms with Gasteiger partial charge < -0.3 is 20.1 Å². The first-order chi connectivity index (χ1) is 11.9. The van der Waals surface area contributed by atoms with Crippen LogP contribution < -0.4 is 10.2 Å². The highest BCUT2D eigenvalue weighted by atomic mass is 16.5. The molecule has 2 aromatic rings. The van der Waals surface area contributed by atoms with Crippen molar-refractivity contribution in [3.05, 3.63) is 59.7 Å². The van der Waals surface area contributed by atoms with E-state index in [0.717, 1.165) is 11.3 Å². The van der Waals surface area contributed by atoms with Gasteiger partial charge in [-0.1, -0.05) is 24.3 Å². The molecule has 0 radical (unpaired) electrons. The van der Waals surface area contributed by atoms with Gasteiger partial charge in [0.15, 0.2) is 6.61 Å². The molecule has 2 aromatic carbocycles. The van der Waals surface area contributed by atoms with Gasteiger partial charge in [0.2, 0.25) is 0 Å². The molecule has 0 atom stereocenters. The third-order valence-electron chi connectivity index (χ3n) is 3.59. The number of phenolic OH excluding ortho intramolecular Hbond substituents is 1. The summed E-state index contributed by atoms with van der Waals surface area (Å²) >= 11 is 0. The zero-order chi connectivity index (χ0) is 18.2. The maximum atomic E-state index is 11.8. The van der Waals surface area contributed by atoms with E-state index in [9.17, 15) is 14.7 Å². The maximum Gasteiger partial charge on any atom is 0.310 e. The van der Waals surface area contributed by atoms with Gasteiger partial charge >= 0.3 is 5.97 Å². The Balaban J connectivity index is 1.71. The minimum absolute atomic E-state index is 0.0551. The lowest BCUT2D eigenvalue weighted by molar-refractivity contribution is -0.147. The fourth-order valence-electron chi connectivity index (χ4n) is 2.14. The van der Waals surface area contributed by atoms with Gasteiger partial charge in [-0.25, -0.2) is 0 Å². The zero-order valence-electron chi connectivity index (χ0n) is 14.4. The van der Waals surface area contributed by atoms with E-state index in [0.29, 0.717) is 12.1 Å². The second-order valence-corrected chi connectivity index (χ2v) is 5.84. The molecule has 0 aliphatic heterocycles. The standard InChI is InChI=1S/C19H22N2O4/c1-21(2)16-7-3-15(4-8-16)12-20-18(23)13-25-19(24)11-14-5-9-17(22)10-6-14/h3-10,22H,11-13H2,1-2H3,(H,20,23). The molecule has 0 bridgehead atoms. The second kappa shape index (κ2) is 8.73. The van der Waals surface area contributed by atoms with Crippen LogP contribution in [0.3, 0.4) is 0 Å². The summed E-state index contributed by atoms with van der Waals surface area (Å²) in [5, 5.41) is 11.9. The average Bonchev–Trinajstić information content (AvgIpc) is 2.60. The number of hydrogen-bond acceptors (Lipinski definition) is 5. The van der Waals surface area contributed by atoms with E-state index in [2.05, 4.69) is 5.32 Å². The number of aromatic hydroxyl groups is 1. The third kappa shape index (κ3) is 6.18. The summed E-state index contributed by atoms with van der Waals surface area (Å²) in [5.41, 5.74) is 2.76. The van der Waals surface area contributed by atoms with Gasteiger partial charge in [0.25, 0.3) is 5.91 Å². The summed E-state index contributed by atoms with van der Waals surface area (Å²) in [6.07, 6.45) is 0.0551. The van der Waals surface area contributed by atoms with Crippen LogP contribution in [-0.2, 0) is 27.3 Å². The Hall–Kier alpha value is -3.02. The Kier molecular flexibility index (Phi) is 6.39. The average molecular weight is 342 g/mol. The Labute approximate surface area is 147 Å². The molecule has 6 heteroatoms. The van der Waals surface area contributed by atoms with E-state index in [1.807, 2.05) is 43.3 Å². The van der Waals surface area contributed by atoms with Crippen LogP contribution in [-0.4, -0.2) is 37.7 Å². The smallest absolute Gasteiger partial charge is 0.310 e. The Bertz CT molecular complexity index is 709. The van der Waals surface area contributed by atoms with Crippen LogP contribution in [0.15, 0.2) is 48.5 Å². The van der Waals surface area contributed by atoms with Crippen molar-refractivity contribution in [2.24, 2.45) is 0 Å². The highest BCUT2D eigenvalue weighted by Gasteiger charge is 2.08. The Morgan fingerprint density at radius 1 is 1.00 bits per heavy atom. The predicted octanol–water partition coefficient (Wildman–Crippen LogP) is 1.86. The number of nitrogens with zero attached hydrogens (tertiary/aromatic N) is 1. The van der Waals surface area contributed by atoms with Crippen molar-refractivity contribution in [2.45, 2.75) is 13.0 Å². The first-order valence-electron chi connectivity index (χ1n) is 7.90. The van der Waals surface area contributed by atoms with Crippen LogP contribution in [0.25, 0.3) is 0 Å². The van der Waals surface area contributed by atoms with Crippen LogP contribution in [0.1, 0.15) is 11.1 Å². The highest BCUT2D eigenvalue weighted by molar-refractivity contribution is 5.81. The molecule has 0 unspecified atom stereocenters. The number of carbonyl (C=O) groups excluding carboxylic acids is 2. The van der Waals surface area contributed by atoms with Crippen LogP contribution in [0.5, 0.6) is 5.75 Å². The molecule has 0 saturated carbocycles. The van der Waals surface area contributed by atoms with Crippen molar-refractivity contribution in [1.82, 2.24) is 5.32 Å². The van der Waals surface area contributed by atoms with Crippen molar-refractivity contribution in [1.29, 1.82) is 0 Å². The van der Waals surface area contributed by atoms with Gasteiger partial charge in [-0.3, -0.25) is 9.59 Å². The number of anilines is 1. The number of nitrogens with one attached hydrogen (secondary N) is 1. The molecule has 2 N–H and O–H groups in total. The van der Waals surface area contributed by atoms with E-state index in [1.165, 1.54) is 12.1 Å². The van der Waals surface area contributed by atoms with E-state index in [1.54, 1.807) is 12.1 Å². The predicted molar refractivity (Wildman–Crippen MR) is 95.4 cm³/mol. The topological polar surface area (TPSA) is 78.9 Å². The summed E-state index contributed by atoms with van der Waals surface area (Å²) in [7, 11) is 3.92. The van der Waals surface area contributed by atoms with Crippen LogP contribution >= 0.6 is 0 Å². The van der Waals surface area contributed by atoms with Gasteiger partial charge in [-0.05, 0) is 35.4 Å². The third-order valence-corrected chi connectivity index (χ3v) is 3.59. The number of phenols is 1. The van der Waals surface area contributed by atoms with Crippen molar-refractivity contribution >= 4 is 17.6 Å². The number of ether oxygens (including phenoxy) is 1. The number of benzene rings is 2. The van der Waals surface area contributed by atoms with Crippen LogP contribution in [0, 0.1) is 0 Å². The summed E-state index contributed by atoms with van der Waals surface area (Å²) in [4.78, 5) is 25.5. The van der Waals surface area contributed by atoms with Crippen molar-refractivity contribution < 1.29 is 19.4 Å². The van der Waals surface area contributed by atoms with E-state index in [-0.39, 0.29) is 24.7 Å². The molecule has 0 aromatic heterocycles. The quantitative estimate of drug-likeness (QED) is 0.751. The highest BCUT2D eigenvalue weighted by Crippen LogP contribution is 2.12. The lowest BCUT2D eigenvalue weighted by Crippen LogP contribution is -2.28. The molecule has 132 valence electrons. The largest absolute Gasteiger partial charge is 0.508 e. The molecule has 0 aliphatic rings. The maximum absolute atomic E-state index is 11.8. The molecule has 2 rings (SSSR count). The van der Waals surface area contributed by atoms with E-state index in [4.69, 9.17) is 4.74 Å². The van der Waals surface area contributed by atoms with Gasteiger partial charge in [0.05, 0.1) is 6.42 Å². The Morgan fingerprint density at radius 3 is 2.20 bits per heavy atom. The molecule has 1 amide bonds. The van der Waals surface area contributed by atoms with Gasteiger partial charge in [0.1, 0.15) is 5.75 Å². The van der Waals surface area contributed by atoms with E-state index < -0.39 is 5.97 Å². The molecule has 0 spiro atoms. The molecule has 6 nitrogen and oxygen atoms in total. The minimum Gasteiger partial charge on any atom is -0.508 e. The fourth-order valence-corrected chi connectivity index (χ4v) is 2.14. The molecule has 0 heterocycles. The monoisotopic (exact) mass is 342 g/mol. The number of carbonyl (C=O) groups is 2. The lowest BCUT2D eigenvalue weighted by Gasteiger charge is -2.13. The molecule has 0 saturated heterocycles. The van der Waals surface area contributed by atoms with Crippen LogP contribution in [0.4, 0.5) is 5.69 Å². The number of esters is 1. The number of hydrogen-bond donors (Lipinski definition) is 2. The van der Waals surface area contributed by atoms with Crippen molar-refractivity contribution in [2.75, 3.05) is 25.6 Å². The van der Waals surface area contributed by atoms with Gasteiger partial charge in [-0.2, -0.15) is 0 Å².